The third-order valence-corrected chi connectivity index (χ3v) is 6.42. The van der Waals surface area contributed by atoms with Gasteiger partial charge in [0.25, 0.3) is 5.56 Å². The second-order valence-electron chi connectivity index (χ2n) is 8.03. The molecule has 3 aromatic carbocycles. The molecule has 0 saturated heterocycles. The minimum absolute atomic E-state index is 0.306. The van der Waals surface area contributed by atoms with Gasteiger partial charge in [-0.25, -0.2) is 4.98 Å². The summed E-state index contributed by atoms with van der Waals surface area (Å²) in [5, 5.41) is 1.61. The third kappa shape index (κ3) is 4.40. The predicted octanol–water partition coefficient (Wildman–Crippen LogP) is 5.78. The molecule has 0 fully saturated rings. The van der Waals surface area contributed by atoms with E-state index >= 15 is 0 Å². The number of aromatic nitrogens is 3. The van der Waals surface area contributed by atoms with Crippen molar-refractivity contribution in [3.63, 3.8) is 0 Å². The average molecular weight is 493 g/mol. The Morgan fingerprint density at radius 1 is 1.03 bits per heavy atom. The summed E-state index contributed by atoms with van der Waals surface area (Å²) in [6.07, 6.45) is 2.76. The van der Waals surface area contributed by atoms with Crippen LogP contribution < -0.4 is 16.0 Å². The Morgan fingerprint density at radius 3 is 2.62 bits per heavy atom. The highest BCUT2D eigenvalue weighted by atomic mass is 35.5. The molecule has 0 bridgehead atoms. The minimum Gasteiger partial charge on any atom is -0.489 e. The summed E-state index contributed by atoms with van der Waals surface area (Å²) in [5.74, 6) is 0.709. The molecule has 2 heterocycles. The normalized spacial score (nSPS) is 11.4. The summed E-state index contributed by atoms with van der Waals surface area (Å²) in [7, 11) is 0. The fraction of sp³-hybridized carbons (Fsp3) is 0.154. The Hall–Kier alpha value is -3.32. The van der Waals surface area contributed by atoms with E-state index in [4.69, 9.17) is 33.7 Å². The Morgan fingerprint density at radius 2 is 1.82 bits per heavy atom. The van der Waals surface area contributed by atoms with Crippen LogP contribution in [0.4, 0.5) is 0 Å². The average Bonchev–Trinajstić information content (AvgIpc) is 3.20. The van der Waals surface area contributed by atoms with Crippen LogP contribution in [0, 0.1) is 0 Å². The van der Waals surface area contributed by atoms with E-state index in [1.165, 1.54) is 0 Å². The molecule has 3 N–H and O–H groups in total. The highest BCUT2D eigenvalue weighted by Crippen LogP contribution is 2.33. The molecule has 2 aromatic heterocycles. The molecule has 0 atom stereocenters. The van der Waals surface area contributed by atoms with Gasteiger partial charge in [0.2, 0.25) is 0 Å². The van der Waals surface area contributed by atoms with Crippen molar-refractivity contribution in [3.05, 3.63) is 92.8 Å². The third-order valence-electron chi connectivity index (χ3n) is 5.69. The maximum Gasteiger partial charge on any atom is 0.275 e. The quantitative estimate of drug-likeness (QED) is 0.301. The first-order valence-corrected chi connectivity index (χ1v) is 11.7. The monoisotopic (exact) mass is 492 g/mol. The van der Waals surface area contributed by atoms with Crippen molar-refractivity contribution in [2.24, 2.45) is 5.73 Å². The van der Waals surface area contributed by atoms with E-state index in [0.717, 1.165) is 29.4 Å². The van der Waals surface area contributed by atoms with E-state index in [0.29, 0.717) is 51.2 Å². The molecule has 0 saturated carbocycles. The lowest BCUT2D eigenvalue weighted by molar-refractivity contribution is 0.306. The van der Waals surface area contributed by atoms with Crippen LogP contribution in [0.1, 0.15) is 12.0 Å². The molecule has 0 aliphatic heterocycles. The number of rotatable bonds is 7. The first-order chi connectivity index (χ1) is 16.5. The summed E-state index contributed by atoms with van der Waals surface area (Å²) < 4.78 is 8.14. The number of nitrogens with zero attached hydrogens (tertiary/aromatic N) is 2. The lowest BCUT2D eigenvalue weighted by atomic mass is 10.1. The topological polar surface area (TPSA) is 85.9 Å². The maximum absolute atomic E-state index is 13.0. The zero-order valence-corrected chi connectivity index (χ0v) is 19.7. The van der Waals surface area contributed by atoms with Crippen molar-refractivity contribution < 1.29 is 4.74 Å². The molecular formula is C26H22Cl2N4O2. The van der Waals surface area contributed by atoms with Gasteiger partial charge in [0.05, 0.1) is 21.1 Å². The second-order valence-corrected chi connectivity index (χ2v) is 8.84. The van der Waals surface area contributed by atoms with E-state index in [-0.39, 0.29) is 5.56 Å². The Kier molecular flexibility index (Phi) is 6.28. The minimum atomic E-state index is -0.306. The number of hydrogen-bond acceptors (Lipinski definition) is 4. The summed E-state index contributed by atoms with van der Waals surface area (Å²) in [5.41, 5.74) is 9.60. The van der Waals surface area contributed by atoms with Crippen molar-refractivity contribution in [1.82, 2.24) is 14.5 Å². The van der Waals surface area contributed by atoms with E-state index < -0.39 is 0 Å². The number of hydrogen-bond donors (Lipinski definition) is 2. The number of fused-ring (bicyclic) bond motifs is 2. The Bertz CT molecular complexity index is 1540. The van der Waals surface area contributed by atoms with Gasteiger partial charge in [-0.2, -0.15) is 0 Å². The zero-order chi connectivity index (χ0) is 23.7. The molecule has 0 radical (unpaired) electrons. The molecule has 8 heteroatoms. The van der Waals surface area contributed by atoms with Crippen molar-refractivity contribution in [3.8, 4) is 17.0 Å². The number of halogens is 2. The molecule has 5 aromatic rings. The number of benzene rings is 3. The standard InChI is InChI=1S/C26H22Cl2N4O2/c27-20-12-22-23(13-21(20)28)31-26(33)25(30-22)19-14-32(10-4-9-29)24-8-7-17(11-18(19)24)34-15-16-5-2-1-3-6-16/h1-3,5-8,11-14H,4,9-10,15,29H2,(H,31,33). The van der Waals surface area contributed by atoms with Gasteiger partial charge in [-0.1, -0.05) is 53.5 Å². The Balaban J connectivity index is 1.62. The smallest absolute Gasteiger partial charge is 0.275 e. The van der Waals surface area contributed by atoms with E-state index in [1.807, 2.05) is 54.7 Å². The second kappa shape index (κ2) is 9.50. The molecule has 0 amide bonds. The lowest BCUT2D eigenvalue weighted by Crippen LogP contribution is -2.11. The van der Waals surface area contributed by atoms with E-state index in [9.17, 15) is 4.79 Å². The first-order valence-electron chi connectivity index (χ1n) is 10.9. The summed E-state index contributed by atoms with van der Waals surface area (Å²) >= 11 is 12.3. The summed E-state index contributed by atoms with van der Waals surface area (Å²) in [4.78, 5) is 20.6. The van der Waals surface area contributed by atoms with Crippen LogP contribution in [0.25, 0.3) is 33.2 Å². The van der Waals surface area contributed by atoms with Crippen LogP contribution in [-0.4, -0.2) is 21.1 Å². The number of aryl methyl sites for hydroxylation is 1. The van der Waals surface area contributed by atoms with Crippen molar-refractivity contribution in [2.45, 2.75) is 19.6 Å². The van der Waals surface area contributed by atoms with Gasteiger partial charge in [-0.3, -0.25) is 4.79 Å². The predicted molar refractivity (Wildman–Crippen MR) is 138 cm³/mol. The van der Waals surface area contributed by atoms with E-state index in [2.05, 4.69) is 14.5 Å². The molecule has 172 valence electrons. The van der Waals surface area contributed by atoms with Crippen LogP contribution in [0.15, 0.2) is 71.7 Å². The molecular weight excluding hydrogens is 471 g/mol. The number of nitrogens with two attached hydrogens (primary N) is 1. The molecule has 0 spiro atoms. The van der Waals surface area contributed by atoms with Gasteiger partial charge in [0.1, 0.15) is 18.1 Å². The largest absolute Gasteiger partial charge is 0.489 e. The molecule has 0 unspecified atom stereocenters. The van der Waals surface area contributed by atoms with Crippen molar-refractivity contribution >= 4 is 45.1 Å². The highest BCUT2D eigenvalue weighted by Gasteiger charge is 2.17. The molecule has 34 heavy (non-hydrogen) atoms. The van der Waals surface area contributed by atoms with Gasteiger partial charge in [-0.05, 0) is 48.9 Å². The van der Waals surface area contributed by atoms with Gasteiger partial charge >= 0.3 is 0 Å². The van der Waals surface area contributed by atoms with Gasteiger partial charge in [0.15, 0.2) is 0 Å². The van der Waals surface area contributed by atoms with Gasteiger partial charge < -0.3 is 20.0 Å². The fourth-order valence-corrected chi connectivity index (χ4v) is 4.33. The van der Waals surface area contributed by atoms with Crippen LogP contribution in [0.5, 0.6) is 5.75 Å². The number of ether oxygens (including phenoxy) is 1. The molecule has 5 rings (SSSR count). The van der Waals surface area contributed by atoms with Crippen LogP contribution in [0.3, 0.4) is 0 Å². The Labute approximate surface area is 205 Å². The van der Waals surface area contributed by atoms with E-state index in [1.54, 1.807) is 12.1 Å². The molecule has 0 aliphatic rings. The van der Waals surface area contributed by atoms with Crippen LogP contribution in [-0.2, 0) is 13.2 Å². The fourth-order valence-electron chi connectivity index (χ4n) is 4.01. The van der Waals surface area contributed by atoms with Crippen molar-refractivity contribution in [1.29, 1.82) is 0 Å². The lowest BCUT2D eigenvalue weighted by Gasteiger charge is -2.08. The molecule has 6 nitrogen and oxygen atoms in total. The van der Waals surface area contributed by atoms with Gasteiger partial charge in [-0.15, -0.1) is 0 Å². The summed E-state index contributed by atoms with van der Waals surface area (Å²) in [6, 6.07) is 19.1. The highest BCUT2D eigenvalue weighted by molar-refractivity contribution is 6.42. The summed E-state index contributed by atoms with van der Waals surface area (Å²) in [6.45, 7) is 1.75. The number of H-pyrrole nitrogens is 1. The van der Waals surface area contributed by atoms with Crippen molar-refractivity contribution in [2.75, 3.05) is 6.54 Å². The van der Waals surface area contributed by atoms with Crippen LogP contribution in [0.2, 0.25) is 10.0 Å². The van der Waals surface area contributed by atoms with Crippen LogP contribution >= 0.6 is 23.2 Å². The number of nitrogens with one attached hydrogen (secondary N) is 1. The maximum atomic E-state index is 13.0. The first kappa shape index (κ1) is 22.5. The SMILES string of the molecule is NCCCn1cc(-c2nc3cc(Cl)c(Cl)cc3[nH]c2=O)c2cc(OCc3ccccc3)ccc21. The number of aromatic amines is 1. The molecule has 0 aliphatic carbocycles. The van der Waals surface area contributed by atoms with Gasteiger partial charge in [0, 0.05) is 29.2 Å². The zero-order valence-electron chi connectivity index (χ0n) is 18.2.